The third-order valence-electron chi connectivity index (χ3n) is 9.74. The first-order valence-electron chi connectivity index (χ1n) is 23.5. The van der Waals surface area contributed by atoms with Gasteiger partial charge in [-0.3, -0.25) is 9.59 Å². The summed E-state index contributed by atoms with van der Waals surface area (Å²) in [4.78, 5) is 26.8. The normalized spacial score (nSPS) is 14.3. The van der Waals surface area contributed by atoms with Crippen LogP contribution in [0.5, 0.6) is 0 Å². The minimum Gasteiger partial charge on any atom is -0.463 e. The largest absolute Gasteiger partial charge is 0.463 e. The topological polar surface area (TPSA) is 148 Å². The fourth-order valence-electron chi connectivity index (χ4n) is 6.24. The van der Waals surface area contributed by atoms with Crippen LogP contribution in [0, 0.1) is 5.92 Å². The molecule has 15 nitrogen and oxygen atoms in total. The van der Waals surface area contributed by atoms with Gasteiger partial charge in [0.15, 0.2) is 0 Å². The van der Waals surface area contributed by atoms with Crippen LogP contribution in [0.3, 0.4) is 0 Å². The van der Waals surface area contributed by atoms with Crippen LogP contribution in [0.2, 0.25) is 0 Å². The number of ether oxygens (including phenoxy) is 12. The molecular weight excluding hydrogens is 790 g/mol. The number of hydrogen-bond donors (Lipinski definition) is 0. The standard InChI is InChI=1S/C46H87NO14/c1-3-4-5-6-7-8-9-10-11-12-13-14-15-16-17-18-19-47-43-44(42-45(47)48)46(49)61-41-40-60-39-38-59-37-36-58-35-34-57-33-32-56-31-30-55-29-28-54-27-26-53-25-24-52-23-22-51-21-20-50-2/h10-11,44H,3-9,12-43H2,1-2H3/b11-10-. The van der Waals surface area contributed by atoms with E-state index in [4.69, 9.17) is 56.8 Å². The van der Waals surface area contributed by atoms with E-state index < -0.39 is 0 Å². The second-order valence-corrected chi connectivity index (χ2v) is 15.0. The van der Waals surface area contributed by atoms with E-state index in [1.54, 1.807) is 7.11 Å². The quantitative estimate of drug-likeness (QED) is 0.0387. The van der Waals surface area contributed by atoms with E-state index in [0.29, 0.717) is 139 Å². The summed E-state index contributed by atoms with van der Waals surface area (Å²) in [5, 5.41) is 0. The van der Waals surface area contributed by atoms with Crippen molar-refractivity contribution >= 4 is 11.9 Å². The Morgan fingerprint density at radius 3 is 1.18 bits per heavy atom. The first-order chi connectivity index (χ1) is 30.2. The number of esters is 1. The molecule has 1 aliphatic heterocycles. The van der Waals surface area contributed by atoms with Crippen LogP contribution >= 0.6 is 0 Å². The molecule has 0 aromatic heterocycles. The molecule has 1 fully saturated rings. The highest BCUT2D eigenvalue weighted by atomic mass is 16.6. The van der Waals surface area contributed by atoms with Crippen LogP contribution in [-0.2, 0) is 66.4 Å². The van der Waals surface area contributed by atoms with Gasteiger partial charge < -0.3 is 61.7 Å². The van der Waals surface area contributed by atoms with Gasteiger partial charge in [0.2, 0.25) is 5.91 Å². The molecule has 1 aliphatic rings. The van der Waals surface area contributed by atoms with Crippen molar-refractivity contribution in [3.05, 3.63) is 12.2 Å². The van der Waals surface area contributed by atoms with Gasteiger partial charge in [-0.1, -0.05) is 76.9 Å². The molecule has 1 amide bonds. The fraction of sp³-hybridized carbons (Fsp3) is 0.913. The number of hydrogen-bond acceptors (Lipinski definition) is 14. The molecule has 0 saturated carbocycles. The number of likely N-dealkylation sites (tertiary alicyclic amines) is 1. The van der Waals surface area contributed by atoms with E-state index in [2.05, 4.69) is 19.1 Å². The molecule has 0 aromatic carbocycles. The third-order valence-corrected chi connectivity index (χ3v) is 9.74. The summed E-state index contributed by atoms with van der Waals surface area (Å²) in [6, 6.07) is 0. The predicted octanol–water partition coefficient (Wildman–Crippen LogP) is 6.23. The van der Waals surface area contributed by atoms with Crippen molar-refractivity contribution in [2.75, 3.05) is 166 Å². The highest BCUT2D eigenvalue weighted by Crippen LogP contribution is 2.20. The Morgan fingerprint density at radius 1 is 0.475 bits per heavy atom. The SMILES string of the molecule is CCCCCCCC/C=C\CCCCCCCCN1CC(C(=O)OCCOCCOCCOCCOCCOCCOCCOCCOCCOCCOCCOC)CC1=O. The van der Waals surface area contributed by atoms with Crippen molar-refractivity contribution in [1.29, 1.82) is 0 Å². The lowest BCUT2D eigenvalue weighted by Gasteiger charge is -2.16. The zero-order valence-corrected chi connectivity index (χ0v) is 38.5. The molecule has 15 heteroatoms. The fourth-order valence-corrected chi connectivity index (χ4v) is 6.24. The van der Waals surface area contributed by atoms with Crippen molar-refractivity contribution in [3.63, 3.8) is 0 Å². The molecule has 0 aromatic rings. The first-order valence-corrected chi connectivity index (χ1v) is 23.5. The summed E-state index contributed by atoms with van der Waals surface area (Å²) in [7, 11) is 1.64. The van der Waals surface area contributed by atoms with Crippen LogP contribution < -0.4 is 0 Å². The molecule has 0 bridgehead atoms. The van der Waals surface area contributed by atoms with Gasteiger partial charge in [-0.25, -0.2) is 0 Å². The molecule has 61 heavy (non-hydrogen) atoms. The monoisotopic (exact) mass is 878 g/mol. The number of methoxy groups -OCH3 is 1. The molecule has 1 rings (SSSR count). The second-order valence-electron chi connectivity index (χ2n) is 15.0. The van der Waals surface area contributed by atoms with Gasteiger partial charge in [0.25, 0.3) is 0 Å². The second kappa shape index (κ2) is 47.7. The molecule has 0 aliphatic carbocycles. The average molecular weight is 878 g/mol. The van der Waals surface area contributed by atoms with E-state index >= 15 is 0 Å². The van der Waals surface area contributed by atoms with Crippen LogP contribution in [0.1, 0.15) is 103 Å². The zero-order valence-electron chi connectivity index (χ0n) is 38.5. The van der Waals surface area contributed by atoms with Gasteiger partial charge in [0.1, 0.15) is 6.61 Å². The molecule has 0 radical (unpaired) electrons. The molecule has 1 unspecified atom stereocenters. The van der Waals surface area contributed by atoms with Crippen molar-refractivity contribution in [2.45, 2.75) is 103 Å². The van der Waals surface area contributed by atoms with Crippen molar-refractivity contribution < 1.29 is 66.4 Å². The smallest absolute Gasteiger partial charge is 0.311 e. The maximum atomic E-state index is 12.5. The highest BCUT2D eigenvalue weighted by Gasteiger charge is 2.34. The molecule has 1 heterocycles. The number of rotatable bonds is 50. The van der Waals surface area contributed by atoms with E-state index in [1.165, 1.54) is 77.0 Å². The Labute approximate surface area is 369 Å². The maximum absolute atomic E-state index is 12.5. The van der Waals surface area contributed by atoms with Crippen LogP contribution in [-0.4, -0.2) is 182 Å². The number of carbonyl (C=O) groups is 2. The van der Waals surface area contributed by atoms with Crippen molar-refractivity contribution in [1.82, 2.24) is 4.90 Å². The summed E-state index contributed by atoms with van der Waals surface area (Å²) in [6.07, 6.45) is 22.6. The molecule has 1 saturated heterocycles. The number of nitrogens with zero attached hydrogens (tertiary/aromatic N) is 1. The predicted molar refractivity (Wildman–Crippen MR) is 235 cm³/mol. The molecule has 360 valence electrons. The third kappa shape index (κ3) is 40.7. The van der Waals surface area contributed by atoms with Crippen LogP contribution in [0.25, 0.3) is 0 Å². The number of amides is 1. The van der Waals surface area contributed by atoms with Crippen LogP contribution in [0.15, 0.2) is 12.2 Å². The number of unbranched alkanes of at least 4 members (excludes halogenated alkanes) is 12. The van der Waals surface area contributed by atoms with Gasteiger partial charge in [-0.2, -0.15) is 0 Å². The van der Waals surface area contributed by atoms with Gasteiger partial charge in [0.05, 0.1) is 145 Å². The maximum Gasteiger partial charge on any atom is 0.311 e. The Hall–Kier alpha value is -1.76. The minimum atomic E-state index is -0.385. The average Bonchev–Trinajstić information content (AvgIpc) is 3.64. The summed E-state index contributed by atoms with van der Waals surface area (Å²) in [5.41, 5.74) is 0. The van der Waals surface area contributed by atoms with Gasteiger partial charge in [-0.05, 0) is 32.1 Å². The van der Waals surface area contributed by atoms with E-state index in [1.807, 2.05) is 4.90 Å². The van der Waals surface area contributed by atoms with E-state index in [-0.39, 0.29) is 37.4 Å². The van der Waals surface area contributed by atoms with Crippen molar-refractivity contribution in [2.24, 2.45) is 5.92 Å². The molecule has 1 atom stereocenters. The van der Waals surface area contributed by atoms with Crippen LogP contribution in [0.4, 0.5) is 0 Å². The molecular formula is C46H87NO14. The molecule has 0 N–H and O–H groups in total. The van der Waals surface area contributed by atoms with Gasteiger partial charge in [-0.15, -0.1) is 0 Å². The number of carbonyl (C=O) groups excluding carboxylic acids is 2. The van der Waals surface area contributed by atoms with Crippen molar-refractivity contribution in [3.8, 4) is 0 Å². The summed E-state index contributed by atoms with van der Waals surface area (Å²) in [6.45, 7) is 13.9. The summed E-state index contributed by atoms with van der Waals surface area (Å²) < 4.78 is 65.0. The first kappa shape index (κ1) is 57.3. The van der Waals surface area contributed by atoms with E-state index in [0.717, 1.165) is 19.4 Å². The summed E-state index contributed by atoms with van der Waals surface area (Å²) >= 11 is 0. The molecule has 0 spiro atoms. The highest BCUT2D eigenvalue weighted by molar-refractivity contribution is 5.86. The lowest BCUT2D eigenvalue weighted by Crippen LogP contribution is -2.28. The Morgan fingerprint density at radius 2 is 0.803 bits per heavy atom. The zero-order chi connectivity index (χ0) is 43.8. The Kier molecular flexibility index (Phi) is 44.8. The minimum absolute atomic E-state index is 0.0511. The lowest BCUT2D eigenvalue weighted by atomic mass is 10.1. The Balaban J connectivity index is 1.75. The van der Waals surface area contributed by atoms with Gasteiger partial charge in [0, 0.05) is 26.6 Å². The Bertz CT molecular complexity index is 961. The lowest BCUT2D eigenvalue weighted by molar-refractivity contribution is -0.150. The van der Waals surface area contributed by atoms with E-state index in [9.17, 15) is 9.59 Å². The number of allylic oxidation sites excluding steroid dienone is 2. The van der Waals surface area contributed by atoms with Gasteiger partial charge >= 0.3 is 5.97 Å². The summed E-state index contributed by atoms with van der Waals surface area (Å²) in [5.74, 6) is -0.651.